The van der Waals surface area contributed by atoms with Gasteiger partial charge in [-0.3, -0.25) is 4.79 Å². The molecule has 0 unspecified atom stereocenters. The number of pyridine rings is 1. The van der Waals surface area contributed by atoms with Gasteiger partial charge < -0.3 is 16.4 Å². The van der Waals surface area contributed by atoms with Crippen molar-refractivity contribution >= 4 is 28.4 Å². The van der Waals surface area contributed by atoms with Crippen LogP contribution in [-0.2, 0) is 6.54 Å². The van der Waals surface area contributed by atoms with Crippen LogP contribution in [0.4, 0.5) is 16.0 Å². The summed E-state index contributed by atoms with van der Waals surface area (Å²) in [6.07, 6.45) is 1.24. The lowest BCUT2D eigenvalue weighted by Gasteiger charge is -2.19. The minimum atomic E-state index is -0.559. The number of rotatable bonds is 6. The first-order valence-corrected chi connectivity index (χ1v) is 10.2. The quantitative estimate of drug-likeness (QED) is 0.416. The Balaban J connectivity index is 1.72. The molecular weight excluding hydrogens is 421 g/mol. The molecular formula is C24H20FN7O. The van der Waals surface area contributed by atoms with Crippen LogP contribution in [0.2, 0.25) is 0 Å². The Kier molecular flexibility index (Phi) is 6.09. The molecule has 4 aromatic rings. The van der Waals surface area contributed by atoms with Gasteiger partial charge in [0.1, 0.15) is 35.4 Å². The van der Waals surface area contributed by atoms with Crippen molar-refractivity contribution in [2.45, 2.75) is 19.5 Å². The summed E-state index contributed by atoms with van der Waals surface area (Å²) in [7, 11) is 0. The molecule has 1 amide bonds. The lowest BCUT2D eigenvalue weighted by atomic mass is 10.0. The molecule has 2 aromatic heterocycles. The molecule has 8 nitrogen and oxygen atoms in total. The minimum absolute atomic E-state index is 0.0385. The Morgan fingerprint density at radius 2 is 1.97 bits per heavy atom. The van der Waals surface area contributed by atoms with Crippen molar-refractivity contribution in [1.29, 1.82) is 5.26 Å². The highest BCUT2D eigenvalue weighted by atomic mass is 19.1. The molecule has 0 aliphatic rings. The topological polar surface area (TPSA) is 130 Å². The molecule has 4 N–H and O–H groups in total. The van der Waals surface area contributed by atoms with Gasteiger partial charge in [0.2, 0.25) is 0 Å². The summed E-state index contributed by atoms with van der Waals surface area (Å²) in [5.41, 5.74) is 7.78. The molecule has 4 rings (SSSR count). The maximum Gasteiger partial charge on any atom is 0.253 e. The number of hydrogen-bond donors (Lipinski definition) is 3. The number of halogens is 1. The van der Waals surface area contributed by atoms with E-state index in [-0.39, 0.29) is 28.1 Å². The highest BCUT2D eigenvalue weighted by Crippen LogP contribution is 2.27. The van der Waals surface area contributed by atoms with Crippen molar-refractivity contribution in [2.24, 2.45) is 0 Å². The summed E-state index contributed by atoms with van der Waals surface area (Å²) >= 11 is 0. The Morgan fingerprint density at radius 3 is 2.73 bits per heavy atom. The van der Waals surface area contributed by atoms with Gasteiger partial charge in [-0.2, -0.15) is 5.26 Å². The monoisotopic (exact) mass is 441 g/mol. The Labute approximate surface area is 189 Å². The van der Waals surface area contributed by atoms with E-state index in [4.69, 9.17) is 5.73 Å². The molecule has 1 atom stereocenters. The molecule has 0 saturated heterocycles. The number of fused-ring (bicyclic) bond motifs is 1. The Bertz CT molecular complexity index is 1370. The number of nitrogen functional groups attached to an aromatic ring is 1. The zero-order valence-electron chi connectivity index (χ0n) is 17.7. The van der Waals surface area contributed by atoms with E-state index in [1.165, 1.54) is 18.5 Å². The maximum atomic E-state index is 14.4. The van der Waals surface area contributed by atoms with Crippen LogP contribution < -0.4 is 16.4 Å². The van der Waals surface area contributed by atoms with Crippen LogP contribution in [0.15, 0.2) is 60.9 Å². The third-order valence-corrected chi connectivity index (χ3v) is 5.13. The van der Waals surface area contributed by atoms with Crippen molar-refractivity contribution in [3.63, 3.8) is 0 Å². The molecule has 0 bridgehead atoms. The van der Waals surface area contributed by atoms with Crippen LogP contribution >= 0.6 is 0 Å². The average molecular weight is 441 g/mol. The number of nitrogens with two attached hydrogens (primary N) is 1. The number of hydrogen-bond acceptors (Lipinski definition) is 7. The van der Waals surface area contributed by atoms with Crippen LogP contribution in [0.25, 0.3) is 10.9 Å². The zero-order valence-corrected chi connectivity index (χ0v) is 17.7. The number of aromatic nitrogens is 3. The maximum absolute atomic E-state index is 14.4. The Morgan fingerprint density at radius 1 is 1.18 bits per heavy atom. The lowest BCUT2D eigenvalue weighted by Crippen LogP contribution is -2.26. The zero-order chi connectivity index (χ0) is 23.4. The van der Waals surface area contributed by atoms with Gasteiger partial charge in [-0.1, -0.05) is 36.4 Å². The van der Waals surface area contributed by atoms with E-state index in [0.29, 0.717) is 17.8 Å². The van der Waals surface area contributed by atoms with Crippen molar-refractivity contribution in [1.82, 2.24) is 20.3 Å². The van der Waals surface area contributed by atoms with E-state index in [1.807, 2.05) is 36.4 Å². The van der Waals surface area contributed by atoms with Crippen molar-refractivity contribution in [3.8, 4) is 6.07 Å². The summed E-state index contributed by atoms with van der Waals surface area (Å²) in [4.78, 5) is 25.6. The number of carbonyl (C=O) groups excluding carboxylic acids is 1. The van der Waals surface area contributed by atoms with E-state index in [2.05, 4.69) is 25.6 Å². The smallest absolute Gasteiger partial charge is 0.253 e. The molecule has 0 aliphatic heterocycles. The number of carbonyl (C=O) groups is 1. The second-order valence-corrected chi connectivity index (χ2v) is 7.36. The number of anilines is 2. The fraction of sp³-hybridized carbons (Fsp3) is 0.125. The van der Waals surface area contributed by atoms with Crippen LogP contribution in [0, 0.1) is 17.1 Å². The SMILES string of the molecule is C[C@H](Nc1ncnc(N)c1C#N)c1nc2cccc(F)c2cc1C(=O)NCc1ccccc1. The molecule has 9 heteroatoms. The van der Waals surface area contributed by atoms with Gasteiger partial charge in [0.15, 0.2) is 0 Å². The number of amides is 1. The fourth-order valence-corrected chi connectivity index (χ4v) is 3.45. The van der Waals surface area contributed by atoms with Crippen molar-refractivity contribution in [3.05, 3.63) is 89.1 Å². The fourth-order valence-electron chi connectivity index (χ4n) is 3.45. The molecule has 164 valence electrons. The van der Waals surface area contributed by atoms with Crippen LogP contribution in [-0.4, -0.2) is 20.9 Å². The number of nitrogens with zero attached hydrogens (tertiary/aromatic N) is 4. The normalized spacial score (nSPS) is 11.5. The van der Waals surface area contributed by atoms with Crippen LogP contribution in [0.3, 0.4) is 0 Å². The first-order chi connectivity index (χ1) is 16.0. The molecule has 33 heavy (non-hydrogen) atoms. The third kappa shape index (κ3) is 4.55. The van der Waals surface area contributed by atoms with Gasteiger partial charge in [0.25, 0.3) is 5.91 Å². The first-order valence-electron chi connectivity index (χ1n) is 10.2. The largest absolute Gasteiger partial charge is 0.382 e. The van der Waals surface area contributed by atoms with Crippen molar-refractivity contribution < 1.29 is 9.18 Å². The van der Waals surface area contributed by atoms with E-state index in [1.54, 1.807) is 19.1 Å². The van der Waals surface area contributed by atoms with Crippen LogP contribution in [0.5, 0.6) is 0 Å². The lowest BCUT2D eigenvalue weighted by molar-refractivity contribution is 0.0949. The molecule has 0 saturated carbocycles. The number of nitrogens with one attached hydrogen (secondary N) is 2. The van der Waals surface area contributed by atoms with E-state index in [9.17, 15) is 14.4 Å². The highest BCUT2D eigenvalue weighted by Gasteiger charge is 2.22. The van der Waals surface area contributed by atoms with Gasteiger partial charge in [0.05, 0.1) is 22.8 Å². The minimum Gasteiger partial charge on any atom is -0.382 e. The first kappa shape index (κ1) is 21.6. The van der Waals surface area contributed by atoms with Gasteiger partial charge >= 0.3 is 0 Å². The summed E-state index contributed by atoms with van der Waals surface area (Å²) in [6, 6.07) is 16.9. The summed E-state index contributed by atoms with van der Waals surface area (Å²) in [5.74, 6) is -0.617. The second-order valence-electron chi connectivity index (χ2n) is 7.36. The second kappa shape index (κ2) is 9.28. The number of nitriles is 1. The third-order valence-electron chi connectivity index (χ3n) is 5.13. The van der Waals surface area contributed by atoms with Crippen LogP contribution in [0.1, 0.15) is 40.1 Å². The summed E-state index contributed by atoms with van der Waals surface area (Å²) < 4.78 is 14.4. The molecule has 2 aromatic carbocycles. The summed E-state index contributed by atoms with van der Waals surface area (Å²) in [5, 5.41) is 15.6. The van der Waals surface area contributed by atoms with E-state index >= 15 is 0 Å². The van der Waals surface area contributed by atoms with Gasteiger partial charge in [0, 0.05) is 11.9 Å². The van der Waals surface area contributed by atoms with Gasteiger partial charge in [-0.25, -0.2) is 19.3 Å². The van der Waals surface area contributed by atoms with Crippen molar-refractivity contribution in [2.75, 3.05) is 11.1 Å². The summed E-state index contributed by atoms with van der Waals surface area (Å²) in [6.45, 7) is 2.07. The molecule has 2 heterocycles. The predicted octanol–water partition coefficient (Wildman–Crippen LogP) is 3.72. The van der Waals surface area contributed by atoms with Gasteiger partial charge in [-0.15, -0.1) is 0 Å². The Hall–Kier alpha value is -4.58. The molecule has 0 spiro atoms. The molecule has 0 aliphatic carbocycles. The molecule has 0 fully saturated rings. The van der Waals surface area contributed by atoms with Gasteiger partial charge in [-0.05, 0) is 30.7 Å². The molecule has 0 radical (unpaired) electrons. The number of benzene rings is 2. The van der Waals surface area contributed by atoms with E-state index in [0.717, 1.165) is 5.56 Å². The average Bonchev–Trinajstić information content (AvgIpc) is 2.83. The van der Waals surface area contributed by atoms with E-state index < -0.39 is 17.8 Å². The highest BCUT2D eigenvalue weighted by molar-refractivity contribution is 5.99. The standard InChI is InChI=1S/C24H20FN7O/c1-14(31-23-18(11-26)22(27)29-13-30-23)21-17(10-16-19(25)8-5-9-20(16)32-21)24(33)28-12-15-6-3-2-4-7-15/h2-10,13-14H,12H2,1H3,(H,28,33)(H3,27,29,30,31)/t14-/m0/s1. The predicted molar refractivity (Wildman–Crippen MR) is 123 cm³/mol.